The molecule has 0 amide bonds. The molecule has 1 fully saturated rings. The second-order valence-corrected chi connectivity index (χ2v) is 5.07. The second kappa shape index (κ2) is 5.86. The molecule has 15 heavy (non-hydrogen) atoms. The Kier molecular flexibility index (Phi) is 5.07. The second-order valence-electron chi connectivity index (χ2n) is 5.07. The maximum Gasteiger partial charge on any atom is 0.0717 e. The Bertz CT molecular complexity index is 181. The molecule has 2 unspecified atom stereocenters. The van der Waals surface area contributed by atoms with Gasteiger partial charge >= 0.3 is 0 Å². The van der Waals surface area contributed by atoms with Crippen molar-refractivity contribution < 1.29 is 4.74 Å². The van der Waals surface area contributed by atoms with Crippen molar-refractivity contribution in [2.24, 2.45) is 5.92 Å². The molecule has 1 N–H and O–H groups in total. The summed E-state index contributed by atoms with van der Waals surface area (Å²) < 4.78 is 6.05. The van der Waals surface area contributed by atoms with Crippen LogP contribution in [0.1, 0.15) is 53.4 Å². The van der Waals surface area contributed by atoms with Gasteiger partial charge in [0.2, 0.25) is 0 Å². The third-order valence-electron chi connectivity index (χ3n) is 3.78. The summed E-state index contributed by atoms with van der Waals surface area (Å²) in [5.74, 6) is 0.619. The zero-order valence-corrected chi connectivity index (χ0v) is 10.8. The van der Waals surface area contributed by atoms with Crippen molar-refractivity contribution in [1.82, 2.24) is 5.32 Å². The van der Waals surface area contributed by atoms with Gasteiger partial charge in [-0.25, -0.2) is 0 Å². The van der Waals surface area contributed by atoms with E-state index in [1.165, 1.54) is 19.3 Å². The van der Waals surface area contributed by atoms with Gasteiger partial charge in [0.15, 0.2) is 0 Å². The molecule has 2 atom stereocenters. The van der Waals surface area contributed by atoms with E-state index in [1.54, 1.807) is 0 Å². The Labute approximate surface area is 94.8 Å². The van der Waals surface area contributed by atoms with E-state index in [1.807, 2.05) is 0 Å². The van der Waals surface area contributed by atoms with Crippen molar-refractivity contribution in [2.75, 3.05) is 13.2 Å². The van der Waals surface area contributed by atoms with Gasteiger partial charge in [0.1, 0.15) is 0 Å². The molecule has 1 aliphatic heterocycles. The molecule has 1 saturated heterocycles. The lowest BCUT2D eigenvalue weighted by Gasteiger charge is -2.43. The minimum atomic E-state index is 0.129. The van der Waals surface area contributed by atoms with Gasteiger partial charge in [-0.05, 0) is 38.1 Å². The Morgan fingerprint density at radius 3 is 2.67 bits per heavy atom. The molecule has 0 spiro atoms. The van der Waals surface area contributed by atoms with Crippen LogP contribution in [0.5, 0.6) is 0 Å². The first kappa shape index (κ1) is 13.0. The van der Waals surface area contributed by atoms with Crippen LogP contribution in [0.4, 0.5) is 0 Å². The summed E-state index contributed by atoms with van der Waals surface area (Å²) in [5.41, 5.74) is 0.129. The first-order valence-electron chi connectivity index (χ1n) is 6.52. The number of hydrogen-bond acceptors (Lipinski definition) is 2. The molecule has 0 aromatic heterocycles. The summed E-state index contributed by atoms with van der Waals surface area (Å²) in [6.07, 6.45) is 4.71. The van der Waals surface area contributed by atoms with Gasteiger partial charge in [0.05, 0.1) is 5.60 Å². The van der Waals surface area contributed by atoms with Gasteiger partial charge in [-0.15, -0.1) is 0 Å². The smallest absolute Gasteiger partial charge is 0.0717 e. The fourth-order valence-corrected chi connectivity index (χ4v) is 2.56. The normalized spacial score (nSPS) is 32.2. The maximum absolute atomic E-state index is 6.05. The van der Waals surface area contributed by atoms with E-state index in [0.717, 1.165) is 19.6 Å². The Hall–Kier alpha value is -0.0800. The fourth-order valence-electron chi connectivity index (χ4n) is 2.56. The van der Waals surface area contributed by atoms with E-state index >= 15 is 0 Å². The van der Waals surface area contributed by atoms with Crippen molar-refractivity contribution in [3.63, 3.8) is 0 Å². The number of nitrogens with one attached hydrogen (secondary N) is 1. The van der Waals surface area contributed by atoms with Crippen LogP contribution in [-0.4, -0.2) is 24.8 Å². The zero-order chi connectivity index (χ0) is 11.3. The predicted molar refractivity (Wildman–Crippen MR) is 65.1 cm³/mol. The molecule has 0 aliphatic carbocycles. The minimum Gasteiger partial charge on any atom is -0.375 e. The third kappa shape index (κ3) is 3.18. The first-order chi connectivity index (χ1) is 7.14. The zero-order valence-electron chi connectivity index (χ0n) is 10.8. The summed E-state index contributed by atoms with van der Waals surface area (Å²) in [5, 5.41) is 3.64. The van der Waals surface area contributed by atoms with Crippen LogP contribution in [0.3, 0.4) is 0 Å². The van der Waals surface area contributed by atoms with Gasteiger partial charge in [-0.1, -0.05) is 27.7 Å². The van der Waals surface area contributed by atoms with Crippen molar-refractivity contribution in [1.29, 1.82) is 0 Å². The molecule has 0 aromatic rings. The van der Waals surface area contributed by atoms with E-state index in [0.29, 0.717) is 12.0 Å². The van der Waals surface area contributed by atoms with Crippen LogP contribution < -0.4 is 5.32 Å². The average molecular weight is 213 g/mol. The Morgan fingerprint density at radius 1 is 1.40 bits per heavy atom. The summed E-state index contributed by atoms with van der Waals surface area (Å²) in [6.45, 7) is 11.1. The highest BCUT2D eigenvalue weighted by atomic mass is 16.5. The van der Waals surface area contributed by atoms with Crippen LogP contribution in [0.25, 0.3) is 0 Å². The monoisotopic (exact) mass is 213 g/mol. The van der Waals surface area contributed by atoms with E-state index in [9.17, 15) is 0 Å². The standard InChI is InChI=1S/C13H27NO/c1-5-8-14-12-7-9-15-13(6-2,10-12)11(3)4/h11-12,14H,5-10H2,1-4H3. The molecule has 2 nitrogen and oxygen atoms in total. The summed E-state index contributed by atoms with van der Waals surface area (Å²) >= 11 is 0. The van der Waals surface area contributed by atoms with E-state index in [-0.39, 0.29) is 5.60 Å². The van der Waals surface area contributed by atoms with Crippen LogP contribution >= 0.6 is 0 Å². The largest absolute Gasteiger partial charge is 0.375 e. The highest BCUT2D eigenvalue weighted by Gasteiger charge is 2.38. The molecule has 1 rings (SSSR count). The fraction of sp³-hybridized carbons (Fsp3) is 1.00. The van der Waals surface area contributed by atoms with Crippen molar-refractivity contribution in [3.05, 3.63) is 0 Å². The Balaban J connectivity index is 2.52. The molecular formula is C13H27NO. The Morgan fingerprint density at radius 2 is 2.13 bits per heavy atom. The molecule has 1 heterocycles. The molecule has 0 radical (unpaired) electrons. The highest BCUT2D eigenvalue weighted by molar-refractivity contribution is 4.91. The average Bonchev–Trinajstić information content (AvgIpc) is 2.26. The lowest BCUT2D eigenvalue weighted by molar-refractivity contribution is -0.119. The summed E-state index contributed by atoms with van der Waals surface area (Å²) in [6, 6.07) is 0.668. The van der Waals surface area contributed by atoms with Crippen LogP contribution in [-0.2, 0) is 4.74 Å². The number of hydrogen-bond donors (Lipinski definition) is 1. The van der Waals surface area contributed by atoms with E-state index in [2.05, 4.69) is 33.0 Å². The van der Waals surface area contributed by atoms with Crippen molar-refractivity contribution in [3.8, 4) is 0 Å². The van der Waals surface area contributed by atoms with E-state index in [4.69, 9.17) is 4.74 Å². The van der Waals surface area contributed by atoms with Crippen LogP contribution in [0.15, 0.2) is 0 Å². The van der Waals surface area contributed by atoms with Gasteiger partial charge in [-0.3, -0.25) is 0 Å². The molecule has 1 aliphatic rings. The predicted octanol–water partition coefficient (Wildman–Crippen LogP) is 2.97. The van der Waals surface area contributed by atoms with Crippen LogP contribution in [0.2, 0.25) is 0 Å². The molecule has 0 aromatic carbocycles. The lowest BCUT2D eigenvalue weighted by atomic mass is 9.79. The van der Waals surface area contributed by atoms with Gasteiger partial charge in [-0.2, -0.15) is 0 Å². The minimum absolute atomic E-state index is 0.129. The van der Waals surface area contributed by atoms with Gasteiger partial charge in [0.25, 0.3) is 0 Å². The quantitative estimate of drug-likeness (QED) is 0.758. The number of ether oxygens (including phenoxy) is 1. The van der Waals surface area contributed by atoms with Crippen molar-refractivity contribution >= 4 is 0 Å². The molecule has 90 valence electrons. The molecule has 2 heteroatoms. The summed E-state index contributed by atoms with van der Waals surface area (Å²) in [4.78, 5) is 0. The molecular weight excluding hydrogens is 186 g/mol. The maximum atomic E-state index is 6.05. The van der Waals surface area contributed by atoms with Gasteiger partial charge in [0, 0.05) is 12.6 Å². The third-order valence-corrected chi connectivity index (χ3v) is 3.78. The lowest BCUT2D eigenvalue weighted by Crippen LogP contribution is -2.49. The topological polar surface area (TPSA) is 21.3 Å². The van der Waals surface area contributed by atoms with Crippen molar-refractivity contribution in [2.45, 2.75) is 65.0 Å². The summed E-state index contributed by atoms with van der Waals surface area (Å²) in [7, 11) is 0. The van der Waals surface area contributed by atoms with Crippen LogP contribution in [0, 0.1) is 5.92 Å². The van der Waals surface area contributed by atoms with E-state index < -0.39 is 0 Å². The highest BCUT2D eigenvalue weighted by Crippen LogP contribution is 2.35. The SMILES string of the molecule is CCCNC1CCOC(CC)(C(C)C)C1. The molecule has 0 saturated carbocycles. The van der Waals surface area contributed by atoms with Gasteiger partial charge < -0.3 is 10.1 Å². The first-order valence-corrected chi connectivity index (χ1v) is 6.52. The number of rotatable bonds is 5. The molecule has 0 bridgehead atoms.